The van der Waals surface area contributed by atoms with Crippen LogP contribution >= 0.6 is 0 Å². The van der Waals surface area contributed by atoms with E-state index < -0.39 is 17.5 Å². The van der Waals surface area contributed by atoms with E-state index in [2.05, 4.69) is 10.1 Å². The molecule has 0 radical (unpaired) electrons. The molecule has 0 atom stereocenters. The zero-order chi connectivity index (χ0) is 23.3. The van der Waals surface area contributed by atoms with Crippen molar-refractivity contribution in [3.63, 3.8) is 0 Å². The van der Waals surface area contributed by atoms with Crippen LogP contribution in [-0.2, 0) is 6.54 Å². The normalized spacial score (nSPS) is 11.8. The van der Waals surface area contributed by atoms with Gasteiger partial charge in [0.2, 0.25) is 0 Å². The third-order valence-electron chi connectivity index (χ3n) is 4.60. The minimum absolute atomic E-state index is 0.0358. The summed E-state index contributed by atoms with van der Waals surface area (Å²) in [6, 6.07) is 11.8. The van der Waals surface area contributed by atoms with Crippen LogP contribution < -0.4 is 5.56 Å². The van der Waals surface area contributed by atoms with Crippen molar-refractivity contribution < 1.29 is 13.2 Å². The smallest absolute Gasteiger partial charge is 0.267 e. The second-order valence-corrected chi connectivity index (χ2v) is 7.36. The molecular weight excluding hydrogens is 415 g/mol. The first-order valence-electron chi connectivity index (χ1n) is 9.94. The number of aromatic nitrogens is 2. The highest BCUT2D eigenvalue weighted by molar-refractivity contribution is 5.80. The fraction of sp³-hybridized carbons (Fsp3) is 0.160. The van der Waals surface area contributed by atoms with Gasteiger partial charge in [0.1, 0.15) is 0 Å². The molecule has 1 aromatic heterocycles. The molecule has 0 unspecified atom stereocenters. The first kappa shape index (κ1) is 22.9. The van der Waals surface area contributed by atoms with Crippen LogP contribution in [0.25, 0.3) is 17.0 Å². The number of halogens is 3. The summed E-state index contributed by atoms with van der Waals surface area (Å²) in [4.78, 5) is 16.8. The fourth-order valence-electron chi connectivity index (χ4n) is 3.00. The van der Waals surface area contributed by atoms with E-state index in [0.717, 1.165) is 34.5 Å². The Labute approximate surface area is 184 Å². The lowest BCUT2D eigenvalue weighted by Gasteiger charge is -2.10. The van der Waals surface area contributed by atoms with Crippen molar-refractivity contribution in [2.24, 2.45) is 4.99 Å². The van der Waals surface area contributed by atoms with Crippen molar-refractivity contribution >= 4 is 11.9 Å². The molecular formula is C25H22F3N3O. The number of benzene rings is 2. The molecule has 1 heterocycles. The van der Waals surface area contributed by atoms with Gasteiger partial charge in [-0.1, -0.05) is 29.8 Å². The monoisotopic (exact) mass is 437 g/mol. The third kappa shape index (κ3) is 5.49. The van der Waals surface area contributed by atoms with Gasteiger partial charge < -0.3 is 0 Å². The first-order valence-corrected chi connectivity index (χ1v) is 9.94. The molecule has 0 fully saturated rings. The number of rotatable bonds is 6. The van der Waals surface area contributed by atoms with E-state index in [1.807, 2.05) is 57.2 Å². The van der Waals surface area contributed by atoms with Crippen molar-refractivity contribution in [1.82, 2.24) is 9.78 Å². The molecule has 4 nitrogen and oxygen atoms in total. The Morgan fingerprint density at radius 1 is 1.06 bits per heavy atom. The topological polar surface area (TPSA) is 47.2 Å². The molecule has 0 aliphatic carbocycles. The van der Waals surface area contributed by atoms with Crippen LogP contribution in [0.2, 0.25) is 0 Å². The lowest BCUT2D eigenvalue weighted by Crippen LogP contribution is -2.23. The van der Waals surface area contributed by atoms with Gasteiger partial charge in [0.15, 0.2) is 17.5 Å². The van der Waals surface area contributed by atoms with Gasteiger partial charge in [-0.2, -0.15) is 5.10 Å². The van der Waals surface area contributed by atoms with Crippen molar-refractivity contribution in [1.29, 1.82) is 0 Å². The van der Waals surface area contributed by atoms with E-state index >= 15 is 0 Å². The summed E-state index contributed by atoms with van der Waals surface area (Å²) in [5.41, 5.74) is 3.38. The Morgan fingerprint density at radius 2 is 1.78 bits per heavy atom. The highest BCUT2D eigenvalue weighted by atomic mass is 19.2. The van der Waals surface area contributed by atoms with Crippen LogP contribution in [0.5, 0.6) is 0 Å². The van der Waals surface area contributed by atoms with Crippen LogP contribution in [-0.4, -0.2) is 16.0 Å². The molecule has 0 saturated heterocycles. The van der Waals surface area contributed by atoms with Crippen molar-refractivity contribution in [2.75, 3.05) is 0 Å². The highest BCUT2D eigenvalue weighted by Crippen LogP contribution is 2.22. The van der Waals surface area contributed by atoms with Crippen LogP contribution in [0.3, 0.4) is 0 Å². The maximum atomic E-state index is 13.6. The molecule has 2 aromatic carbocycles. The Hall–Kier alpha value is -3.74. The zero-order valence-corrected chi connectivity index (χ0v) is 17.9. The third-order valence-corrected chi connectivity index (χ3v) is 4.60. The average Bonchev–Trinajstić information content (AvgIpc) is 2.76. The molecule has 0 amide bonds. The van der Waals surface area contributed by atoms with Gasteiger partial charge >= 0.3 is 0 Å². The van der Waals surface area contributed by atoms with E-state index in [-0.39, 0.29) is 23.4 Å². The van der Waals surface area contributed by atoms with Gasteiger partial charge in [0, 0.05) is 23.4 Å². The van der Waals surface area contributed by atoms with Crippen LogP contribution in [0.1, 0.15) is 31.9 Å². The quantitative estimate of drug-likeness (QED) is 0.363. The summed E-state index contributed by atoms with van der Waals surface area (Å²) in [5.74, 6) is -4.19. The Bertz CT molecular complexity index is 1260. The second kappa shape index (κ2) is 10.0. The number of allylic oxidation sites excluding steroid dienone is 3. The molecule has 32 heavy (non-hydrogen) atoms. The lowest BCUT2D eigenvalue weighted by molar-refractivity contribution is 0.447. The Balaban J connectivity index is 1.92. The maximum absolute atomic E-state index is 13.6. The summed E-state index contributed by atoms with van der Waals surface area (Å²) in [6.45, 7) is 5.99. The number of hydrogen-bond donors (Lipinski definition) is 0. The fourth-order valence-corrected chi connectivity index (χ4v) is 3.00. The summed E-state index contributed by atoms with van der Waals surface area (Å²) in [6.07, 6.45) is 5.52. The molecule has 3 aromatic rings. The van der Waals surface area contributed by atoms with Crippen molar-refractivity contribution in [3.8, 4) is 11.3 Å². The number of nitrogens with zero attached hydrogens (tertiary/aromatic N) is 3. The van der Waals surface area contributed by atoms with Gasteiger partial charge in [-0.25, -0.2) is 17.9 Å². The minimum Gasteiger partial charge on any atom is -0.268 e. The molecule has 0 spiro atoms. The summed E-state index contributed by atoms with van der Waals surface area (Å²) < 4.78 is 41.7. The van der Waals surface area contributed by atoms with E-state index in [1.54, 1.807) is 6.21 Å². The molecule has 164 valence electrons. The molecule has 0 N–H and O–H groups in total. The highest BCUT2D eigenvalue weighted by Gasteiger charge is 2.13. The van der Waals surface area contributed by atoms with Crippen LogP contribution in [0.4, 0.5) is 13.2 Å². The summed E-state index contributed by atoms with van der Waals surface area (Å²) in [5, 5.41) is 4.21. The lowest BCUT2D eigenvalue weighted by atomic mass is 10.1. The van der Waals surface area contributed by atoms with Gasteiger partial charge in [-0.15, -0.1) is 0 Å². The molecule has 3 rings (SSSR count). The van der Waals surface area contributed by atoms with Gasteiger partial charge in [-0.05, 0) is 56.7 Å². The Morgan fingerprint density at radius 3 is 2.44 bits per heavy atom. The Kier molecular flexibility index (Phi) is 7.20. The van der Waals surface area contributed by atoms with Crippen LogP contribution in [0, 0.1) is 17.5 Å². The molecule has 0 bridgehead atoms. The maximum Gasteiger partial charge on any atom is 0.267 e. The molecule has 7 heteroatoms. The van der Waals surface area contributed by atoms with Crippen molar-refractivity contribution in [3.05, 3.63) is 105 Å². The minimum atomic E-state index is -1.55. The van der Waals surface area contributed by atoms with Gasteiger partial charge in [0.05, 0.1) is 17.9 Å². The van der Waals surface area contributed by atoms with E-state index in [4.69, 9.17) is 0 Å². The van der Waals surface area contributed by atoms with Crippen molar-refractivity contribution in [2.45, 2.75) is 27.3 Å². The second-order valence-electron chi connectivity index (χ2n) is 7.36. The number of aliphatic imine (C=N–C) groups is 1. The van der Waals surface area contributed by atoms with E-state index in [1.165, 1.54) is 16.8 Å². The summed E-state index contributed by atoms with van der Waals surface area (Å²) >= 11 is 0. The largest absolute Gasteiger partial charge is 0.268 e. The zero-order valence-electron chi connectivity index (χ0n) is 17.9. The van der Waals surface area contributed by atoms with Gasteiger partial charge in [-0.3, -0.25) is 9.79 Å². The molecule has 0 saturated carbocycles. The van der Waals surface area contributed by atoms with E-state index in [9.17, 15) is 18.0 Å². The summed E-state index contributed by atoms with van der Waals surface area (Å²) in [7, 11) is 0. The predicted molar refractivity (Wildman–Crippen MR) is 121 cm³/mol. The van der Waals surface area contributed by atoms with E-state index in [0.29, 0.717) is 0 Å². The number of hydrogen-bond acceptors (Lipinski definition) is 3. The first-order chi connectivity index (χ1) is 15.3. The predicted octanol–water partition coefficient (Wildman–Crippen LogP) is 5.77. The average molecular weight is 437 g/mol. The molecule has 0 aliphatic heterocycles. The van der Waals surface area contributed by atoms with Crippen LogP contribution in [0.15, 0.2) is 76.0 Å². The van der Waals surface area contributed by atoms with Gasteiger partial charge in [0.25, 0.3) is 5.56 Å². The SMILES string of the molecule is CC=C(/N=C\C=C(C)C)c1cccc(Cn2nc(-c3cc(F)c(F)c(F)c3)ccc2=O)c1. The molecule has 0 aliphatic rings. The standard InChI is InChI=1S/C25H22F3N3O/c1-4-22(29-11-10-16(2)3)18-7-5-6-17(12-18)15-31-24(32)9-8-23(30-31)19-13-20(26)25(28)21(27)14-19/h4-14H,15H2,1-3H3/b22-4?,29-11-.